The predicted molar refractivity (Wildman–Crippen MR) is 135 cm³/mol. The standard InChI is InChI=1S/C21H23N3O2.C7H6F3N/c1-5-14-6-12(2)7-16-15(14)8-17(24(4)18(16)25)20-9-21(10-20,11-20)19-23-22-13(3)26-19;8-4-1-2-6(11)5(3-4)7(9)10/h6-8H,5,9-11H2,1-4H3;1-3,7H,11H2. The summed E-state index contributed by atoms with van der Waals surface area (Å²) in [6, 6.07) is 9.39. The lowest BCUT2D eigenvalue weighted by atomic mass is 9.34. The van der Waals surface area contributed by atoms with E-state index in [1.54, 1.807) is 0 Å². The van der Waals surface area contributed by atoms with Crippen molar-refractivity contribution in [3.63, 3.8) is 0 Å². The zero-order valence-electron chi connectivity index (χ0n) is 21.2. The molecule has 0 radical (unpaired) electrons. The van der Waals surface area contributed by atoms with Gasteiger partial charge < -0.3 is 14.7 Å². The number of rotatable bonds is 4. The summed E-state index contributed by atoms with van der Waals surface area (Å²) in [5.41, 5.74) is 8.41. The van der Waals surface area contributed by atoms with Gasteiger partial charge in [-0.3, -0.25) is 4.79 Å². The van der Waals surface area contributed by atoms with Gasteiger partial charge in [0.05, 0.1) is 5.41 Å². The first-order valence-electron chi connectivity index (χ1n) is 12.3. The minimum absolute atomic E-state index is 0.0348. The summed E-state index contributed by atoms with van der Waals surface area (Å²) >= 11 is 0. The molecule has 3 saturated carbocycles. The number of alkyl halides is 2. The molecule has 2 aromatic heterocycles. The van der Waals surface area contributed by atoms with Gasteiger partial charge >= 0.3 is 0 Å². The van der Waals surface area contributed by atoms with Gasteiger partial charge in [0.25, 0.3) is 12.0 Å². The number of hydrogen-bond acceptors (Lipinski definition) is 5. The summed E-state index contributed by atoms with van der Waals surface area (Å²) in [6.07, 6.45) is 1.20. The van der Waals surface area contributed by atoms with E-state index in [1.807, 2.05) is 24.6 Å². The smallest absolute Gasteiger partial charge is 0.265 e. The van der Waals surface area contributed by atoms with Crippen molar-refractivity contribution in [1.29, 1.82) is 0 Å². The molecule has 4 aromatic rings. The topological polar surface area (TPSA) is 86.9 Å². The van der Waals surface area contributed by atoms with Gasteiger partial charge in [0, 0.05) is 41.7 Å². The minimum Gasteiger partial charge on any atom is -0.425 e. The molecular weight excluding hydrogens is 481 g/mol. The number of aromatic nitrogens is 3. The van der Waals surface area contributed by atoms with E-state index in [0.717, 1.165) is 71.8 Å². The second-order valence-electron chi connectivity index (χ2n) is 10.4. The fourth-order valence-electron chi connectivity index (χ4n) is 6.08. The molecular formula is C28H29F3N4O2. The molecule has 0 spiro atoms. The fourth-order valence-corrected chi connectivity index (χ4v) is 6.08. The molecule has 37 heavy (non-hydrogen) atoms. The maximum atomic E-state index is 13.0. The Morgan fingerprint density at radius 2 is 1.76 bits per heavy atom. The summed E-state index contributed by atoms with van der Waals surface area (Å²) in [4.78, 5) is 13.0. The normalized spacial score (nSPS) is 21.8. The largest absolute Gasteiger partial charge is 0.425 e. The van der Waals surface area contributed by atoms with Crippen molar-refractivity contribution in [2.45, 2.75) is 63.7 Å². The number of aryl methyl sites for hydroxylation is 3. The van der Waals surface area contributed by atoms with Gasteiger partial charge in [-0.05, 0) is 73.9 Å². The predicted octanol–water partition coefficient (Wildman–Crippen LogP) is 5.82. The first-order valence-corrected chi connectivity index (χ1v) is 12.3. The maximum absolute atomic E-state index is 13.0. The van der Waals surface area contributed by atoms with Crippen molar-refractivity contribution in [2.75, 3.05) is 5.73 Å². The molecule has 2 aromatic carbocycles. The molecule has 194 valence electrons. The summed E-state index contributed by atoms with van der Waals surface area (Å²) < 4.78 is 43.8. The van der Waals surface area contributed by atoms with Gasteiger partial charge in [0.15, 0.2) is 0 Å². The SMILES string of the molecule is CCc1cc(C)cc2c(=O)n(C)c(C34CC(c5nnc(C)o5)(C3)C4)cc12.Nc1ccc(F)cc1C(F)F. The third-order valence-electron chi connectivity index (χ3n) is 7.81. The molecule has 3 fully saturated rings. The monoisotopic (exact) mass is 510 g/mol. The Bertz CT molecular complexity index is 1550. The van der Waals surface area contributed by atoms with Gasteiger partial charge in [-0.2, -0.15) is 0 Å². The van der Waals surface area contributed by atoms with Crippen molar-refractivity contribution in [3.8, 4) is 0 Å². The van der Waals surface area contributed by atoms with E-state index >= 15 is 0 Å². The van der Waals surface area contributed by atoms with Crippen molar-refractivity contribution < 1.29 is 17.6 Å². The Labute approximate surface area is 212 Å². The highest BCUT2D eigenvalue weighted by Gasteiger charge is 2.72. The van der Waals surface area contributed by atoms with Crippen LogP contribution < -0.4 is 11.3 Å². The second-order valence-corrected chi connectivity index (χ2v) is 10.4. The van der Waals surface area contributed by atoms with E-state index in [0.29, 0.717) is 5.89 Å². The van der Waals surface area contributed by atoms with E-state index in [1.165, 1.54) is 5.56 Å². The summed E-state index contributed by atoms with van der Waals surface area (Å²) in [6.45, 7) is 6.04. The highest BCUT2D eigenvalue weighted by atomic mass is 19.3. The maximum Gasteiger partial charge on any atom is 0.265 e. The molecule has 0 aliphatic heterocycles. The van der Waals surface area contributed by atoms with Crippen LogP contribution in [0.4, 0.5) is 18.9 Å². The van der Waals surface area contributed by atoms with E-state index in [9.17, 15) is 18.0 Å². The number of halogens is 3. The number of nitrogens with two attached hydrogens (primary N) is 1. The number of hydrogen-bond donors (Lipinski definition) is 1. The molecule has 0 amide bonds. The van der Waals surface area contributed by atoms with Crippen LogP contribution >= 0.6 is 0 Å². The Morgan fingerprint density at radius 3 is 2.32 bits per heavy atom. The number of benzene rings is 2. The highest BCUT2D eigenvalue weighted by molar-refractivity contribution is 5.86. The zero-order valence-corrected chi connectivity index (χ0v) is 21.2. The van der Waals surface area contributed by atoms with Crippen molar-refractivity contribution in [1.82, 2.24) is 14.8 Å². The van der Waals surface area contributed by atoms with Crippen LogP contribution in [0.2, 0.25) is 0 Å². The van der Waals surface area contributed by atoms with E-state index in [-0.39, 0.29) is 22.1 Å². The average Bonchev–Trinajstić information content (AvgIpc) is 3.23. The van der Waals surface area contributed by atoms with E-state index in [4.69, 9.17) is 10.2 Å². The number of anilines is 1. The first kappa shape index (κ1) is 25.0. The lowest BCUT2D eigenvalue weighted by Crippen LogP contribution is -2.68. The Kier molecular flexibility index (Phi) is 5.92. The molecule has 2 N–H and O–H groups in total. The van der Waals surface area contributed by atoms with Crippen LogP contribution in [0.5, 0.6) is 0 Å². The number of nitrogen functional groups attached to an aromatic ring is 1. The zero-order chi connectivity index (χ0) is 26.7. The van der Waals surface area contributed by atoms with Gasteiger partial charge in [-0.1, -0.05) is 18.6 Å². The van der Waals surface area contributed by atoms with Crippen LogP contribution in [0.25, 0.3) is 10.8 Å². The molecule has 2 heterocycles. The molecule has 3 aliphatic rings. The summed E-state index contributed by atoms with van der Waals surface area (Å²) in [7, 11) is 1.91. The van der Waals surface area contributed by atoms with Crippen LogP contribution in [-0.4, -0.2) is 14.8 Å². The van der Waals surface area contributed by atoms with Gasteiger partial charge in [-0.15, -0.1) is 10.2 Å². The average molecular weight is 511 g/mol. The fraction of sp³-hybridized carbons (Fsp3) is 0.393. The Morgan fingerprint density at radius 1 is 1.05 bits per heavy atom. The van der Waals surface area contributed by atoms with Crippen molar-refractivity contribution in [3.05, 3.63) is 86.7 Å². The molecule has 9 heteroatoms. The molecule has 3 aliphatic carbocycles. The van der Waals surface area contributed by atoms with Gasteiger partial charge in [0.1, 0.15) is 5.82 Å². The molecule has 0 unspecified atom stereocenters. The molecule has 2 bridgehead atoms. The summed E-state index contributed by atoms with van der Waals surface area (Å²) in [5.74, 6) is 0.696. The lowest BCUT2D eigenvalue weighted by molar-refractivity contribution is -0.0916. The number of nitrogens with zero attached hydrogens (tertiary/aromatic N) is 3. The third kappa shape index (κ3) is 4.01. The van der Waals surface area contributed by atoms with Gasteiger partial charge in [-0.25, -0.2) is 13.2 Å². The molecule has 0 atom stereocenters. The van der Waals surface area contributed by atoms with Crippen LogP contribution in [0, 0.1) is 19.7 Å². The minimum atomic E-state index is -2.72. The quantitative estimate of drug-likeness (QED) is 0.350. The first-order chi connectivity index (χ1) is 17.5. The molecule has 0 saturated heterocycles. The van der Waals surface area contributed by atoms with Crippen molar-refractivity contribution in [2.24, 2.45) is 7.05 Å². The Hall–Kier alpha value is -3.62. The van der Waals surface area contributed by atoms with E-state index < -0.39 is 17.8 Å². The third-order valence-corrected chi connectivity index (χ3v) is 7.81. The summed E-state index contributed by atoms with van der Waals surface area (Å²) in [5, 5.41) is 10.2. The molecule has 7 rings (SSSR count). The number of fused-ring (bicyclic) bond motifs is 1. The van der Waals surface area contributed by atoms with Crippen LogP contribution in [0.1, 0.15) is 66.8 Å². The van der Waals surface area contributed by atoms with Crippen LogP contribution in [0.15, 0.2) is 45.6 Å². The second kappa shape index (κ2) is 8.75. The van der Waals surface area contributed by atoms with Crippen molar-refractivity contribution >= 4 is 16.5 Å². The highest BCUT2D eigenvalue weighted by Crippen LogP contribution is 2.73. The number of pyridine rings is 1. The Balaban J connectivity index is 0.000000215. The van der Waals surface area contributed by atoms with Gasteiger partial charge in [0.2, 0.25) is 11.8 Å². The van der Waals surface area contributed by atoms with Crippen LogP contribution in [0.3, 0.4) is 0 Å². The lowest BCUT2D eigenvalue weighted by Gasteiger charge is -2.69. The molecule has 6 nitrogen and oxygen atoms in total. The van der Waals surface area contributed by atoms with E-state index in [2.05, 4.69) is 36.2 Å². The van der Waals surface area contributed by atoms with Crippen LogP contribution in [-0.2, 0) is 24.3 Å².